The van der Waals surface area contributed by atoms with Crippen LogP contribution in [0.15, 0.2) is 47.1 Å². The van der Waals surface area contributed by atoms with Crippen LogP contribution in [0.2, 0.25) is 0 Å². The van der Waals surface area contributed by atoms with Crippen LogP contribution in [0.1, 0.15) is 10.4 Å². The Morgan fingerprint density at radius 3 is 2.47 bits per heavy atom. The summed E-state index contributed by atoms with van der Waals surface area (Å²) < 4.78 is 5.22. The zero-order valence-electron chi connectivity index (χ0n) is 7.94. The van der Waals surface area contributed by atoms with E-state index in [0.29, 0.717) is 5.56 Å². The number of benzene rings is 1. The van der Waals surface area contributed by atoms with Gasteiger partial charge in [0.05, 0.1) is 6.26 Å². The van der Waals surface area contributed by atoms with Gasteiger partial charge in [0.25, 0.3) is 5.91 Å². The van der Waals surface area contributed by atoms with Gasteiger partial charge in [0, 0.05) is 11.1 Å². The topological polar surface area (TPSA) is 68.3 Å². The zero-order valence-corrected chi connectivity index (χ0v) is 7.94. The van der Waals surface area contributed by atoms with Gasteiger partial charge < -0.3 is 4.42 Å². The maximum atomic E-state index is 11.2. The van der Waals surface area contributed by atoms with E-state index in [0.717, 1.165) is 11.3 Å². The Morgan fingerprint density at radius 2 is 1.93 bits per heavy atom. The molecule has 0 saturated carbocycles. The largest absolute Gasteiger partial charge is 0.464 e. The van der Waals surface area contributed by atoms with E-state index < -0.39 is 0 Å². The minimum Gasteiger partial charge on any atom is -0.464 e. The summed E-state index contributed by atoms with van der Waals surface area (Å²) >= 11 is 0. The Bertz CT molecular complexity index is 446. The predicted molar refractivity (Wildman–Crippen MR) is 55.8 cm³/mol. The molecule has 1 heterocycles. The molecular formula is C11H10N2O2. The minimum atomic E-state index is -0.305. The summed E-state index contributed by atoms with van der Waals surface area (Å²) in [5, 5.41) is 0. The molecule has 0 aliphatic heterocycles. The molecule has 1 aromatic carbocycles. The van der Waals surface area contributed by atoms with Crippen LogP contribution >= 0.6 is 0 Å². The van der Waals surface area contributed by atoms with Gasteiger partial charge in [0.1, 0.15) is 5.76 Å². The first-order chi connectivity index (χ1) is 7.31. The molecule has 76 valence electrons. The molecule has 2 rings (SSSR count). The van der Waals surface area contributed by atoms with Crippen LogP contribution in [0.5, 0.6) is 0 Å². The fourth-order valence-electron chi connectivity index (χ4n) is 1.31. The van der Waals surface area contributed by atoms with Gasteiger partial charge in [0.2, 0.25) is 0 Å². The van der Waals surface area contributed by atoms with Gasteiger partial charge in [-0.25, -0.2) is 5.84 Å². The standard InChI is InChI=1S/C11H10N2O2/c12-13-11(14)9-5-3-8(4-6-9)10-2-1-7-15-10/h1-7H,12H2,(H,13,14). The van der Waals surface area contributed by atoms with Gasteiger partial charge in [-0.2, -0.15) is 0 Å². The van der Waals surface area contributed by atoms with Gasteiger partial charge in [-0.3, -0.25) is 10.2 Å². The van der Waals surface area contributed by atoms with Gasteiger partial charge in [0.15, 0.2) is 0 Å². The molecule has 0 aliphatic carbocycles. The van der Waals surface area contributed by atoms with Crippen molar-refractivity contribution in [2.45, 2.75) is 0 Å². The number of nitrogen functional groups attached to an aromatic ring is 1. The van der Waals surface area contributed by atoms with Crippen molar-refractivity contribution >= 4 is 5.91 Å². The van der Waals surface area contributed by atoms with Crippen molar-refractivity contribution in [1.82, 2.24) is 5.43 Å². The molecular weight excluding hydrogens is 192 g/mol. The second kappa shape index (κ2) is 3.98. The maximum absolute atomic E-state index is 11.2. The summed E-state index contributed by atoms with van der Waals surface area (Å²) in [6, 6.07) is 10.7. The van der Waals surface area contributed by atoms with Crippen molar-refractivity contribution in [3.63, 3.8) is 0 Å². The van der Waals surface area contributed by atoms with E-state index in [2.05, 4.69) is 5.43 Å². The molecule has 1 amide bonds. The number of nitrogens with one attached hydrogen (secondary N) is 1. The summed E-state index contributed by atoms with van der Waals surface area (Å²) in [6.07, 6.45) is 1.61. The average molecular weight is 202 g/mol. The highest BCUT2D eigenvalue weighted by molar-refractivity contribution is 5.94. The van der Waals surface area contributed by atoms with E-state index in [4.69, 9.17) is 10.3 Å². The Morgan fingerprint density at radius 1 is 1.20 bits per heavy atom. The normalized spacial score (nSPS) is 9.93. The maximum Gasteiger partial charge on any atom is 0.265 e. The summed E-state index contributed by atoms with van der Waals surface area (Å²) in [6.45, 7) is 0. The lowest BCUT2D eigenvalue weighted by Crippen LogP contribution is -2.29. The Hall–Kier alpha value is -2.07. The predicted octanol–water partition coefficient (Wildman–Crippen LogP) is 1.55. The molecule has 0 radical (unpaired) electrons. The van der Waals surface area contributed by atoms with Crippen LogP contribution in [0.3, 0.4) is 0 Å². The monoisotopic (exact) mass is 202 g/mol. The van der Waals surface area contributed by atoms with Crippen LogP contribution in [0, 0.1) is 0 Å². The van der Waals surface area contributed by atoms with Gasteiger partial charge >= 0.3 is 0 Å². The second-order valence-corrected chi connectivity index (χ2v) is 3.03. The lowest BCUT2D eigenvalue weighted by molar-refractivity contribution is 0.0953. The zero-order chi connectivity index (χ0) is 10.7. The summed E-state index contributed by atoms with van der Waals surface area (Å²) in [5.74, 6) is 5.49. The molecule has 2 aromatic rings. The molecule has 0 spiro atoms. The van der Waals surface area contributed by atoms with E-state index >= 15 is 0 Å². The van der Waals surface area contributed by atoms with E-state index in [9.17, 15) is 4.79 Å². The van der Waals surface area contributed by atoms with E-state index in [1.807, 2.05) is 24.3 Å². The van der Waals surface area contributed by atoms with E-state index in [1.165, 1.54) is 0 Å². The number of amides is 1. The molecule has 1 aromatic heterocycles. The van der Waals surface area contributed by atoms with Gasteiger partial charge in [-0.1, -0.05) is 12.1 Å². The quantitative estimate of drug-likeness (QED) is 0.441. The number of carbonyl (C=O) groups is 1. The van der Waals surface area contributed by atoms with E-state index in [1.54, 1.807) is 18.4 Å². The van der Waals surface area contributed by atoms with Crippen LogP contribution in [-0.4, -0.2) is 5.91 Å². The van der Waals surface area contributed by atoms with Crippen LogP contribution < -0.4 is 11.3 Å². The molecule has 0 unspecified atom stereocenters. The number of hydrogen-bond donors (Lipinski definition) is 2. The SMILES string of the molecule is NNC(=O)c1ccc(-c2ccco2)cc1. The molecule has 15 heavy (non-hydrogen) atoms. The fourth-order valence-corrected chi connectivity index (χ4v) is 1.31. The smallest absolute Gasteiger partial charge is 0.265 e. The first kappa shape index (κ1) is 9.48. The number of hydrazine groups is 1. The second-order valence-electron chi connectivity index (χ2n) is 3.03. The van der Waals surface area contributed by atoms with Crippen LogP contribution in [0.25, 0.3) is 11.3 Å². The molecule has 0 aliphatic rings. The van der Waals surface area contributed by atoms with Crippen molar-refractivity contribution in [2.75, 3.05) is 0 Å². The third kappa shape index (κ3) is 1.89. The molecule has 4 nitrogen and oxygen atoms in total. The first-order valence-corrected chi connectivity index (χ1v) is 4.46. The molecule has 0 fully saturated rings. The first-order valence-electron chi connectivity index (χ1n) is 4.46. The van der Waals surface area contributed by atoms with Crippen molar-refractivity contribution in [3.8, 4) is 11.3 Å². The Labute approximate surface area is 86.7 Å². The van der Waals surface area contributed by atoms with E-state index in [-0.39, 0.29) is 5.91 Å². The van der Waals surface area contributed by atoms with Gasteiger partial charge in [-0.15, -0.1) is 0 Å². The Kier molecular flexibility index (Phi) is 2.51. The third-order valence-electron chi connectivity index (χ3n) is 2.08. The highest BCUT2D eigenvalue weighted by Gasteiger charge is 2.04. The van der Waals surface area contributed by atoms with Gasteiger partial charge in [-0.05, 0) is 24.3 Å². The summed E-state index contributed by atoms with van der Waals surface area (Å²) in [7, 11) is 0. The van der Waals surface area contributed by atoms with Crippen LogP contribution in [0.4, 0.5) is 0 Å². The molecule has 0 bridgehead atoms. The lowest BCUT2D eigenvalue weighted by Gasteiger charge is -2.00. The molecule has 3 N–H and O–H groups in total. The highest BCUT2D eigenvalue weighted by atomic mass is 16.3. The third-order valence-corrected chi connectivity index (χ3v) is 2.08. The minimum absolute atomic E-state index is 0.305. The van der Waals surface area contributed by atoms with Crippen molar-refractivity contribution in [3.05, 3.63) is 48.2 Å². The van der Waals surface area contributed by atoms with Crippen molar-refractivity contribution < 1.29 is 9.21 Å². The fraction of sp³-hybridized carbons (Fsp3) is 0. The summed E-state index contributed by atoms with van der Waals surface area (Å²) in [5.41, 5.74) is 3.52. The molecule has 4 heteroatoms. The Balaban J connectivity index is 2.29. The number of rotatable bonds is 2. The molecule has 0 saturated heterocycles. The number of hydrogen-bond acceptors (Lipinski definition) is 3. The highest BCUT2D eigenvalue weighted by Crippen LogP contribution is 2.19. The van der Waals surface area contributed by atoms with Crippen LogP contribution in [-0.2, 0) is 0 Å². The number of furan rings is 1. The average Bonchev–Trinajstić information content (AvgIpc) is 2.82. The molecule has 0 atom stereocenters. The van der Waals surface area contributed by atoms with Crippen molar-refractivity contribution in [2.24, 2.45) is 5.84 Å². The lowest BCUT2D eigenvalue weighted by atomic mass is 10.1. The number of carbonyl (C=O) groups excluding carboxylic acids is 1. The summed E-state index contributed by atoms with van der Waals surface area (Å²) in [4.78, 5) is 11.2. The number of nitrogens with two attached hydrogens (primary N) is 1. The van der Waals surface area contributed by atoms with Crippen molar-refractivity contribution in [1.29, 1.82) is 0 Å².